The van der Waals surface area contributed by atoms with Gasteiger partial charge in [-0.3, -0.25) is 9.36 Å². The molecule has 3 aromatic rings. The Morgan fingerprint density at radius 2 is 1.91 bits per heavy atom. The van der Waals surface area contributed by atoms with Gasteiger partial charge in [0.2, 0.25) is 5.91 Å². The van der Waals surface area contributed by atoms with E-state index in [9.17, 15) is 18.4 Å². The molecule has 3 rings (SSSR count). The van der Waals surface area contributed by atoms with Crippen molar-refractivity contribution in [2.24, 2.45) is 0 Å². The van der Waals surface area contributed by atoms with Gasteiger partial charge in [-0.25, -0.2) is 13.6 Å². The fourth-order valence-electron chi connectivity index (χ4n) is 2.18. The lowest BCUT2D eigenvalue weighted by molar-refractivity contribution is -0.116. The Balaban J connectivity index is 1.82. The van der Waals surface area contributed by atoms with Crippen LogP contribution >= 0.6 is 0 Å². The number of para-hydroxylation sites is 2. The van der Waals surface area contributed by atoms with Crippen molar-refractivity contribution in [1.29, 1.82) is 0 Å². The van der Waals surface area contributed by atoms with E-state index in [1.165, 1.54) is 10.6 Å². The van der Waals surface area contributed by atoms with Crippen LogP contribution in [0.4, 0.5) is 14.5 Å². The molecule has 1 aromatic heterocycles. The molecule has 0 saturated carbocycles. The summed E-state index contributed by atoms with van der Waals surface area (Å²) in [6.45, 7) is -0.234. The van der Waals surface area contributed by atoms with E-state index < -0.39 is 23.2 Å². The fraction of sp³-hybridized carbons (Fsp3) is 0.0667. The van der Waals surface area contributed by atoms with Crippen molar-refractivity contribution in [2.45, 2.75) is 6.54 Å². The fourth-order valence-corrected chi connectivity index (χ4v) is 2.18. The molecule has 7 heteroatoms. The number of hydrogen-bond donors (Lipinski definition) is 2. The van der Waals surface area contributed by atoms with Crippen LogP contribution in [0.1, 0.15) is 0 Å². The summed E-state index contributed by atoms with van der Waals surface area (Å²) in [5.41, 5.74) is 0.916. The monoisotopic (exact) mass is 303 g/mol. The van der Waals surface area contributed by atoms with Gasteiger partial charge in [0, 0.05) is 11.8 Å². The molecule has 0 saturated heterocycles. The molecule has 0 aliphatic carbocycles. The Morgan fingerprint density at radius 1 is 1.14 bits per heavy atom. The molecule has 1 heterocycles. The molecule has 0 atom stereocenters. The summed E-state index contributed by atoms with van der Waals surface area (Å²) >= 11 is 0. The van der Waals surface area contributed by atoms with Crippen LogP contribution in [0, 0.1) is 11.6 Å². The zero-order valence-electron chi connectivity index (χ0n) is 11.3. The number of carbonyl (C=O) groups is 1. The first-order valence-electron chi connectivity index (χ1n) is 6.47. The first-order valence-corrected chi connectivity index (χ1v) is 6.47. The van der Waals surface area contributed by atoms with Crippen LogP contribution in [0.5, 0.6) is 0 Å². The average Bonchev–Trinajstić information content (AvgIpc) is 2.79. The van der Waals surface area contributed by atoms with Gasteiger partial charge in [-0.05, 0) is 24.3 Å². The number of nitrogens with zero attached hydrogens (tertiary/aromatic N) is 1. The highest BCUT2D eigenvalue weighted by Crippen LogP contribution is 2.13. The number of nitrogens with one attached hydrogen (secondary N) is 2. The summed E-state index contributed by atoms with van der Waals surface area (Å²) in [5, 5.41) is 2.42. The lowest BCUT2D eigenvalue weighted by Gasteiger charge is -2.06. The van der Waals surface area contributed by atoms with E-state index in [0.29, 0.717) is 11.0 Å². The van der Waals surface area contributed by atoms with Crippen molar-refractivity contribution in [1.82, 2.24) is 9.55 Å². The van der Waals surface area contributed by atoms with E-state index in [4.69, 9.17) is 0 Å². The lowest BCUT2D eigenvalue weighted by Crippen LogP contribution is -2.25. The third kappa shape index (κ3) is 2.60. The maximum Gasteiger partial charge on any atom is 0.326 e. The summed E-state index contributed by atoms with van der Waals surface area (Å²) in [6.07, 6.45) is 0. The number of rotatable bonds is 3. The van der Waals surface area contributed by atoms with Gasteiger partial charge in [-0.15, -0.1) is 0 Å². The van der Waals surface area contributed by atoms with E-state index in [1.807, 2.05) is 0 Å². The zero-order chi connectivity index (χ0) is 15.7. The third-order valence-electron chi connectivity index (χ3n) is 3.19. The second-order valence-electron chi connectivity index (χ2n) is 4.71. The predicted octanol–water partition coefficient (Wildman–Crippen LogP) is 2.25. The first kappa shape index (κ1) is 14.0. The van der Waals surface area contributed by atoms with Gasteiger partial charge >= 0.3 is 5.69 Å². The van der Waals surface area contributed by atoms with Crippen molar-refractivity contribution < 1.29 is 13.6 Å². The normalized spacial score (nSPS) is 10.8. The second-order valence-corrected chi connectivity index (χ2v) is 4.71. The Hall–Kier alpha value is -2.96. The molecule has 0 aliphatic rings. The highest BCUT2D eigenvalue weighted by Gasteiger charge is 2.11. The number of anilines is 1. The maximum atomic E-state index is 13.1. The summed E-state index contributed by atoms with van der Waals surface area (Å²) in [6, 6.07) is 9.99. The lowest BCUT2D eigenvalue weighted by atomic mass is 10.3. The van der Waals surface area contributed by atoms with Crippen LogP contribution in [0.2, 0.25) is 0 Å². The summed E-state index contributed by atoms with van der Waals surface area (Å²) in [7, 11) is 0. The number of H-pyrrole nitrogens is 1. The number of fused-ring (bicyclic) bond motifs is 1. The quantitative estimate of drug-likeness (QED) is 0.779. The topological polar surface area (TPSA) is 66.9 Å². The Bertz CT molecular complexity index is 915. The number of benzene rings is 2. The SMILES string of the molecule is O=C(Cn1c(=O)[nH]c2ccccc21)Nc1ccc(F)c(F)c1. The van der Waals surface area contributed by atoms with Crippen LogP contribution in [0.25, 0.3) is 11.0 Å². The van der Waals surface area contributed by atoms with Gasteiger partial charge in [-0.1, -0.05) is 12.1 Å². The van der Waals surface area contributed by atoms with Crippen molar-refractivity contribution >= 4 is 22.6 Å². The highest BCUT2D eigenvalue weighted by molar-refractivity contribution is 5.91. The van der Waals surface area contributed by atoms with Gasteiger partial charge in [0.1, 0.15) is 6.54 Å². The Kier molecular flexibility index (Phi) is 3.46. The number of carbonyl (C=O) groups excluding carboxylic acids is 1. The smallest absolute Gasteiger partial charge is 0.324 e. The molecule has 0 bridgehead atoms. The number of imidazole rings is 1. The van der Waals surface area contributed by atoms with E-state index in [1.54, 1.807) is 24.3 Å². The highest BCUT2D eigenvalue weighted by atomic mass is 19.2. The molecule has 2 N–H and O–H groups in total. The van der Waals surface area contributed by atoms with Gasteiger partial charge in [-0.2, -0.15) is 0 Å². The summed E-state index contributed by atoms with van der Waals surface area (Å²) < 4.78 is 27.2. The minimum atomic E-state index is -1.05. The van der Waals surface area contributed by atoms with Gasteiger partial charge in [0.15, 0.2) is 11.6 Å². The molecule has 112 valence electrons. The summed E-state index contributed by atoms with van der Waals surface area (Å²) in [5.74, 6) is -2.56. The standard InChI is InChI=1S/C15H11F2N3O2/c16-10-6-5-9(7-11(10)17)18-14(21)8-20-13-4-2-1-3-12(13)19-15(20)22/h1-7H,8H2,(H,18,21)(H,19,22). The number of aromatic nitrogens is 2. The maximum absolute atomic E-state index is 13.1. The number of halogens is 2. The van der Waals surface area contributed by atoms with Crippen LogP contribution < -0.4 is 11.0 Å². The molecular formula is C15H11F2N3O2. The van der Waals surface area contributed by atoms with E-state index >= 15 is 0 Å². The van der Waals surface area contributed by atoms with Crippen molar-refractivity contribution in [3.63, 3.8) is 0 Å². The second kappa shape index (κ2) is 5.44. The van der Waals surface area contributed by atoms with Crippen molar-refractivity contribution in [2.75, 3.05) is 5.32 Å². The van der Waals surface area contributed by atoms with Gasteiger partial charge < -0.3 is 10.3 Å². The van der Waals surface area contributed by atoms with E-state index in [2.05, 4.69) is 10.3 Å². The zero-order valence-corrected chi connectivity index (χ0v) is 11.3. The molecule has 2 aromatic carbocycles. The predicted molar refractivity (Wildman–Crippen MR) is 77.5 cm³/mol. The third-order valence-corrected chi connectivity index (χ3v) is 3.19. The van der Waals surface area contributed by atoms with E-state index in [0.717, 1.165) is 12.1 Å². The van der Waals surface area contributed by atoms with Crippen LogP contribution in [-0.4, -0.2) is 15.5 Å². The molecule has 22 heavy (non-hydrogen) atoms. The molecule has 0 unspecified atom stereocenters. The molecule has 1 amide bonds. The van der Waals surface area contributed by atoms with Crippen molar-refractivity contribution in [3.05, 3.63) is 64.6 Å². The van der Waals surface area contributed by atoms with E-state index in [-0.39, 0.29) is 12.2 Å². The van der Waals surface area contributed by atoms with Crippen LogP contribution in [-0.2, 0) is 11.3 Å². The first-order chi connectivity index (χ1) is 10.5. The minimum absolute atomic E-state index is 0.122. The molecule has 0 fully saturated rings. The largest absolute Gasteiger partial charge is 0.326 e. The van der Waals surface area contributed by atoms with Gasteiger partial charge in [0.25, 0.3) is 0 Å². The van der Waals surface area contributed by atoms with Crippen molar-refractivity contribution in [3.8, 4) is 0 Å². The Labute approximate surface area is 123 Å². The average molecular weight is 303 g/mol. The van der Waals surface area contributed by atoms with Gasteiger partial charge in [0.05, 0.1) is 11.0 Å². The molecule has 0 radical (unpaired) electrons. The minimum Gasteiger partial charge on any atom is -0.324 e. The molecule has 5 nitrogen and oxygen atoms in total. The van der Waals surface area contributed by atoms with Crippen LogP contribution in [0.15, 0.2) is 47.3 Å². The molecular weight excluding hydrogens is 292 g/mol. The number of amides is 1. The number of hydrogen-bond acceptors (Lipinski definition) is 2. The molecule has 0 spiro atoms. The molecule has 0 aliphatic heterocycles. The number of aromatic amines is 1. The summed E-state index contributed by atoms with van der Waals surface area (Å²) in [4.78, 5) is 26.4. The van der Waals surface area contributed by atoms with Crippen LogP contribution in [0.3, 0.4) is 0 Å². The Morgan fingerprint density at radius 3 is 2.68 bits per heavy atom.